The van der Waals surface area contributed by atoms with Crippen molar-refractivity contribution in [1.82, 2.24) is 19.9 Å². The Bertz CT molecular complexity index is 445. The summed E-state index contributed by atoms with van der Waals surface area (Å²) < 4.78 is 5.48. The molecule has 118 valence electrons. The zero-order valence-corrected chi connectivity index (χ0v) is 13.2. The summed E-state index contributed by atoms with van der Waals surface area (Å²) in [6, 6.07) is 0.662. The fourth-order valence-electron chi connectivity index (χ4n) is 2.50. The third-order valence-corrected chi connectivity index (χ3v) is 3.43. The molecular weight excluding hydrogens is 268 g/mol. The highest BCUT2D eigenvalue weighted by molar-refractivity contribution is 5.33. The molecule has 2 heterocycles. The van der Waals surface area contributed by atoms with Gasteiger partial charge in [0.05, 0.1) is 6.10 Å². The number of ether oxygens (including phenoxy) is 1. The minimum Gasteiger partial charge on any atom is -0.461 e. The van der Waals surface area contributed by atoms with Crippen molar-refractivity contribution in [3.8, 4) is 6.01 Å². The van der Waals surface area contributed by atoms with Gasteiger partial charge in [-0.1, -0.05) is 6.92 Å². The monoisotopic (exact) mass is 294 g/mol. The van der Waals surface area contributed by atoms with Crippen LogP contribution in [-0.2, 0) is 0 Å². The quantitative estimate of drug-likeness (QED) is 0.822. The molecule has 7 heteroatoms. The Morgan fingerprint density at radius 3 is 2.62 bits per heavy atom. The zero-order chi connectivity index (χ0) is 15.2. The van der Waals surface area contributed by atoms with Crippen LogP contribution >= 0.6 is 0 Å². The molecule has 21 heavy (non-hydrogen) atoms. The molecule has 3 N–H and O–H groups in total. The molecule has 7 nitrogen and oxygen atoms in total. The summed E-state index contributed by atoms with van der Waals surface area (Å²) in [4.78, 5) is 14.9. The highest BCUT2D eigenvalue weighted by Gasteiger charge is 2.19. The third kappa shape index (κ3) is 5.00. The molecule has 0 spiro atoms. The van der Waals surface area contributed by atoms with Gasteiger partial charge < -0.3 is 20.7 Å². The first-order chi connectivity index (χ1) is 10.1. The van der Waals surface area contributed by atoms with E-state index in [0.717, 1.165) is 25.9 Å². The zero-order valence-electron chi connectivity index (χ0n) is 13.2. The van der Waals surface area contributed by atoms with Crippen molar-refractivity contribution in [3.05, 3.63) is 0 Å². The third-order valence-electron chi connectivity index (χ3n) is 3.43. The molecule has 0 bridgehead atoms. The second-order valence-electron chi connectivity index (χ2n) is 5.73. The molecule has 0 amide bonds. The predicted molar refractivity (Wildman–Crippen MR) is 83.4 cm³/mol. The highest BCUT2D eigenvalue weighted by Crippen LogP contribution is 2.16. The van der Waals surface area contributed by atoms with Crippen molar-refractivity contribution in [2.75, 3.05) is 30.7 Å². The number of likely N-dealkylation sites (tertiary alicyclic amines) is 1. The average Bonchev–Trinajstić information content (AvgIpc) is 2.40. The van der Waals surface area contributed by atoms with Gasteiger partial charge in [0.25, 0.3) is 0 Å². The molecule has 0 aromatic carbocycles. The summed E-state index contributed by atoms with van der Waals surface area (Å²) in [5.41, 5.74) is 5.71. The van der Waals surface area contributed by atoms with E-state index >= 15 is 0 Å². The largest absolute Gasteiger partial charge is 0.461 e. The summed E-state index contributed by atoms with van der Waals surface area (Å²) >= 11 is 0. The number of rotatable bonds is 6. The van der Waals surface area contributed by atoms with E-state index < -0.39 is 0 Å². The number of anilines is 2. The minimum absolute atomic E-state index is 0.0110. The number of aromatic nitrogens is 3. The molecule has 1 saturated heterocycles. The Labute approximate surface area is 126 Å². The highest BCUT2D eigenvalue weighted by atomic mass is 16.5. The van der Waals surface area contributed by atoms with Crippen molar-refractivity contribution in [2.24, 2.45) is 0 Å². The van der Waals surface area contributed by atoms with Crippen molar-refractivity contribution in [2.45, 2.75) is 52.2 Å². The van der Waals surface area contributed by atoms with E-state index in [-0.39, 0.29) is 18.1 Å². The summed E-state index contributed by atoms with van der Waals surface area (Å²) in [6.45, 7) is 9.47. The maximum atomic E-state index is 5.71. The number of hydrogen-bond acceptors (Lipinski definition) is 7. The molecule has 1 aliphatic heterocycles. The van der Waals surface area contributed by atoms with Gasteiger partial charge in [-0.05, 0) is 39.7 Å². The minimum atomic E-state index is 0.0110. The Morgan fingerprint density at radius 1 is 1.29 bits per heavy atom. The van der Waals surface area contributed by atoms with E-state index in [1.807, 2.05) is 13.8 Å². The topological polar surface area (TPSA) is 89.2 Å². The number of hydrogen-bond donors (Lipinski definition) is 2. The molecular formula is C14H26N6O. The van der Waals surface area contributed by atoms with Crippen LogP contribution < -0.4 is 15.8 Å². The van der Waals surface area contributed by atoms with Crippen LogP contribution in [0.3, 0.4) is 0 Å². The van der Waals surface area contributed by atoms with E-state index in [1.54, 1.807) is 0 Å². The second kappa shape index (κ2) is 7.40. The van der Waals surface area contributed by atoms with Crippen LogP contribution in [0.25, 0.3) is 0 Å². The maximum Gasteiger partial charge on any atom is 0.323 e. The van der Waals surface area contributed by atoms with Gasteiger partial charge in [0.2, 0.25) is 11.9 Å². The first kappa shape index (κ1) is 15.8. The van der Waals surface area contributed by atoms with Crippen molar-refractivity contribution in [3.63, 3.8) is 0 Å². The van der Waals surface area contributed by atoms with Crippen LogP contribution in [-0.4, -0.2) is 51.6 Å². The lowest BCUT2D eigenvalue weighted by Gasteiger charge is -2.32. The van der Waals surface area contributed by atoms with E-state index in [0.29, 0.717) is 12.0 Å². The standard InChI is InChI=1S/C14H26N6O/c1-4-7-20-8-5-11(6-9-20)16-13-17-12(15)18-14(19-13)21-10(2)3/h10-11H,4-9H2,1-3H3,(H3,15,16,17,18,19). The summed E-state index contributed by atoms with van der Waals surface area (Å²) in [5, 5.41) is 3.35. The van der Waals surface area contributed by atoms with Crippen LogP contribution in [0, 0.1) is 0 Å². The molecule has 1 fully saturated rings. The number of nitrogens with zero attached hydrogens (tertiary/aromatic N) is 4. The molecule has 0 aliphatic carbocycles. The Kier molecular flexibility index (Phi) is 5.55. The van der Waals surface area contributed by atoms with E-state index in [9.17, 15) is 0 Å². The van der Waals surface area contributed by atoms with Crippen LogP contribution in [0.2, 0.25) is 0 Å². The van der Waals surface area contributed by atoms with Crippen molar-refractivity contribution in [1.29, 1.82) is 0 Å². The van der Waals surface area contributed by atoms with Gasteiger partial charge in [-0.15, -0.1) is 0 Å². The molecule has 0 radical (unpaired) electrons. The maximum absolute atomic E-state index is 5.71. The van der Waals surface area contributed by atoms with E-state index in [2.05, 4.69) is 32.1 Å². The van der Waals surface area contributed by atoms with Crippen LogP contribution in [0.5, 0.6) is 6.01 Å². The smallest absolute Gasteiger partial charge is 0.323 e. The van der Waals surface area contributed by atoms with Crippen LogP contribution in [0.1, 0.15) is 40.0 Å². The van der Waals surface area contributed by atoms with Crippen LogP contribution in [0.15, 0.2) is 0 Å². The molecule has 0 unspecified atom stereocenters. The Morgan fingerprint density at radius 2 is 2.00 bits per heavy atom. The second-order valence-corrected chi connectivity index (χ2v) is 5.73. The van der Waals surface area contributed by atoms with E-state index in [1.165, 1.54) is 13.0 Å². The summed E-state index contributed by atoms with van der Waals surface area (Å²) in [6.07, 6.45) is 3.40. The summed E-state index contributed by atoms with van der Waals surface area (Å²) in [5.74, 6) is 0.693. The molecule has 2 rings (SSSR count). The normalized spacial score (nSPS) is 17.1. The van der Waals surface area contributed by atoms with Crippen LogP contribution in [0.4, 0.5) is 11.9 Å². The molecule has 1 aliphatic rings. The first-order valence-electron chi connectivity index (χ1n) is 7.74. The fourth-order valence-corrected chi connectivity index (χ4v) is 2.50. The Balaban J connectivity index is 1.92. The van der Waals surface area contributed by atoms with Crippen molar-refractivity contribution >= 4 is 11.9 Å². The van der Waals surface area contributed by atoms with Gasteiger partial charge in [-0.2, -0.15) is 15.0 Å². The fraction of sp³-hybridized carbons (Fsp3) is 0.786. The number of nitrogen functional groups attached to an aromatic ring is 1. The lowest BCUT2D eigenvalue weighted by atomic mass is 10.1. The number of nitrogens with one attached hydrogen (secondary N) is 1. The SMILES string of the molecule is CCCN1CCC(Nc2nc(N)nc(OC(C)C)n2)CC1. The number of nitrogens with two attached hydrogens (primary N) is 1. The lowest BCUT2D eigenvalue weighted by molar-refractivity contribution is 0.217. The van der Waals surface area contributed by atoms with Gasteiger partial charge in [0, 0.05) is 19.1 Å². The van der Waals surface area contributed by atoms with Crippen molar-refractivity contribution < 1.29 is 4.74 Å². The Hall–Kier alpha value is -1.63. The van der Waals surface area contributed by atoms with Gasteiger partial charge in [0.15, 0.2) is 0 Å². The molecule has 1 aromatic heterocycles. The van der Waals surface area contributed by atoms with Gasteiger partial charge in [-0.3, -0.25) is 0 Å². The van der Waals surface area contributed by atoms with Gasteiger partial charge >= 0.3 is 6.01 Å². The average molecular weight is 294 g/mol. The number of piperidine rings is 1. The van der Waals surface area contributed by atoms with Gasteiger partial charge in [-0.25, -0.2) is 0 Å². The van der Waals surface area contributed by atoms with E-state index in [4.69, 9.17) is 10.5 Å². The molecule has 0 atom stereocenters. The molecule has 0 saturated carbocycles. The lowest BCUT2D eigenvalue weighted by Crippen LogP contribution is -2.39. The molecule has 1 aromatic rings. The first-order valence-corrected chi connectivity index (χ1v) is 7.74. The predicted octanol–water partition coefficient (Wildman–Crippen LogP) is 1.53. The van der Waals surface area contributed by atoms with Gasteiger partial charge in [0.1, 0.15) is 0 Å². The summed E-state index contributed by atoms with van der Waals surface area (Å²) in [7, 11) is 0.